The number of nitrogens with one attached hydrogen (secondary N) is 2. The smallest absolute Gasteiger partial charge is 0.422 e. The van der Waals surface area contributed by atoms with E-state index in [1.54, 1.807) is 12.1 Å². The Kier molecular flexibility index (Phi) is 10.5. The van der Waals surface area contributed by atoms with Crippen LogP contribution >= 0.6 is 11.3 Å². The van der Waals surface area contributed by atoms with Gasteiger partial charge in [0.2, 0.25) is 10.0 Å². The van der Waals surface area contributed by atoms with Gasteiger partial charge >= 0.3 is 12.4 Å². The summed E-state index contributed by atoms with van der Waals surface area (Å²) in [6.07, 6.45) is -4.07. The van der Waals surface area contributed by atoms with Crippen LogP contribution in [0.15, 0.2) is 41.3 Å². The van der Waals surface area contributed by atoms with Crippen molar-refractivity contribution in [1.29, 1.82) is 0 Å². The predicted octanol–water partition coefficient (Wildman–Crippen LogP) is 6.89. The SMILES string of the molecule is NS(=O)(=O)c1ccc(NCC#Cc2sc3c(NC4CCC(N5CC6(CCOCC6)C5)CC4)cccc3c2CC(F)(F)F)c(OCC(F)(F)F)c1. The number of benzene rings is 2. The fourth-order valence-electron chi connectivity index (χ4n) is 7.13. The molecule has 2 saturated heterocycles. The molecule has 3 aromatic rings. The molecule has 3 aliphatic rings. The lowest BCUT2D eigenvalue weighted by atomic mass is 9.71. The number of rotatable bonds is 9. The number of sulfonamides is 1. The number of hydrogen-bond acceptors (Lipinski definition) is 8. The summed E-state index contributed by atoms with van der Waals surface area (Å²) in [5, 5.41) is 11.9. The van der Waals surface area contributed by atoms with Crippen molar-refractivity contribution in [2.75, 3.05) is 50.1 Å². The monoisotopic (exact) mass is 744 g/mol. The third-order valence-corrected chi connectivity index (χ3v) is 11.7. The lowest BCUT2D eigenvalue weighted by Crippen LogP contribution is -2.62. The highest BCUT2D eigenvalue weighted by Gasteiger charge is 2.46. The van der Waals surface area contributed by atoms with Gasteiger partial charge in [-0.15, -0.1) is 11.3 Å². The Morgan fingerprint density at radius 3 is 2.38 bits per heavy atom. The molecule has 0 radical (unpaired) electrons. The first-order chi connectivity index (χ1) is 23.6. The van der Waals surface area contributed by atoms with E-state index < -0.39 is 46.0 Å². The molecule has 0 bridgehead atoms. The van der Waals surface area contributed by atoms with Crippen LogP contribution in [0.3, 0.4) is 0 Å². The van der Waals surface area contributed by atoms with Crippen molar-refractivity contribution in [3.63, 3.8) is 0 Å². The third-order valence-electron chi connectivity index (χ3n) is 9.64. The van der Waals surface area contributed by atoms with Crippen LogP contribution in [0.4, 0.5) is 37.7 Å². The highest BCUT2D eigenvalue weighted by atomic mass is 32.2. The topological polar surface area (TPSA) is 106 Å². The minimum absolute atomic E-state index is 0.00112. The first kappa shape index (κ1) is 36.6. The van der Waals surface area contributed by atoms with Crippen LogP contribution in [-0.4, -0.2) is 77.2 Å². The normalized spacial score (nSPS) is 21.3. The fraction of sp³-hybridized carbons (Fsp3) is 0.529. The zero-order valence-corrected chi connectivity index (χ0v) is 28.7. The van der Waals surface area contributed by atoms with Gasteiger partial charge in [0, 0.05) is 49.9 Å². The van der Waals surface area contributed by atoms with Crippen LogP contribution in [0.1, 0.15) is 49.0 Å². The number of thiophene rings is 1. The van der Waals surface area contributed by atoms with Crippen LogP contribution in [0.5, 0.6) is 5.75 Å². The molecular formula is C34H38F6N4O4S2. The number of fused-ring (bicyclic) bond motifs is 1. The Balaban J connectivity index is 1.15. The number of likely N-dealkylation sites (tertiary alicyclic amines) is 1. The highest BCUT2D eigenvalue weighted by molar-refractivity contribution is 7.89. The van der Waals surface area contributed by atoms with Crippen molar-refractivity contribution in [2.45, 2.75) is 74.3 Å². The Bertz CT molecular complexity index is 1850. The first-order valence-electron chi connectivity index (χ1n) is 16.4. The van der Waals surface area contributed by atoms with Crippen molar-refractivity contribution >= 4 is 42.8 Å². The number of hydrogen-bond donors (Lipinski definition) is 3. The number of nitrogens with zero attached hydrogens (tertiary/aromatic N) is 1. The maximum Gasteiger partial charge on any atom is 0.422 e. The van der Waals surface area contributed by atoms with Crippen molar-refractivity contribution in [2.24, 2.45) is 10.6 Å². The van der Waals surface area contributed by atoms with Gasteiger partial charge in [-0.25, -0.2) is 13.6 Å². The molecule has 2 aromatic carbocycles. The minimum atomic E-state index is -4.69. The predicted molar refractivity (Wildman–Crippen MR) is 180 cm³/mol. The molecule has 0 atom stereocenters. The summed E-state index contributed by atoms with van der Waals surface area (Å²) in [6.45, 7) is 2.09. The molecule has 2 aliphatic heterocycles. The van der Waals surface area contributed by atoms with Gasteiger partial charge in [0.05, 0.1) is 38.8 Å². The Morgan fingerprint density at radius 1 is 1.00 bits per heavy atom. The lowest BCUT2D eigenvalue weighted by molar-refractivity contribution is -0.153. The van der Waals surface area contributed by atoms with E-state index in [0.717, 1.165) is 94.0 Å². The Hall–Kier alpha value is -3.23. The number of nitrogens with two attached hydrogens (primary N) is 1. The van der Waals surface area contributed by atoms with Gasteiger partial charge in [-0.3, -0.25) is 4.90 Å². The largest absolute Gasteiger partial charge is 0.482 e. The molecule has 4 N–H and O–H groups in total. The molecule has 3 fully saturated rings. The molecule has 272 valence electrons. The molecule has 1 aromatic heterocycles. The van der Waals surface area contributed by atoms with E-state index in [9.17, 15) is 34.8 Å². The van der Waals surface area contributed by atoms with Crippen LogP contribution in [0, 0.1) is 17.3 Å². The molecule has 16 heteroatoms. The maximum atomic E-state index is 13.8. The van der Waals surface area contributed by atoms with Crippen molar-refractivity contribution in [3.8, 4) is 17.6 Å². The van der Waals surface area contributed by atoms with Gasteiger partial charge in [-0.1, -0.05) is 24.0 Å². The Labute approximate surface area is 290 Å². The number of anilines is 2. The van der Waals surface area contributed by atoms with E-state index in [-0.39, 0.29) is 28.7 Å². The summed E-state index contributed by atoms with van der Waals surface area (Å²) >= 11 is 1.16. The quantitative estimate of drug-likeness (QED) is 0.162. The second kappa shape index (κ2) is 14.4. The lowest BCUT2D eigenvalue weighted by Gasteiger charge is -2.56. The summed E-state index contributed by atoms with van der Waals surface area (Å²) in [5.74, 6) is 5.16. The van der Waals surface area contributed by atoms with E-state index in [4.69, 9.17) is 14.6 Å². The van der Waals surface area contributed by atoms with E-state index in [0.29, 0.717) is 21.5 Å². The van der Waals surface area contributed by atoms with Gasteiger partial charge in [-0.2, -0.15) is 26.3 Å². The van der Waals surface area contributed by atoms with E-state index in [2.05, 4.69) is 27.4 Å². The molecule has 0 unspecified atom stereocenters. The summed E-state index contributed by atoms with van der Waals surface area (Å²) < 4.78 is 114. The van der Waals surface area contributed by atoms with Crippen LogP contribution in [-0.2, 0) is 21.2 Å². The second-order valence-electron chi connectivity index (χ2n) is 13.3. The number of alkyl halides is 6. The number of ether oxygens (including phenoxy) is 2. The average Bonchev–Trinajstić information content (AvgIpc) is 3.37. The van der Waals surface area contributed by atoms with E-state index in [1.165, 1.54) is 6.07 Å². The van der Waals surface area contributed by atoms with Crippen LogP contribution < -0.4 is 20.5 Å². The first-order valence-corrected chi connectivity index (χ1v) is 18.7. The minimum Gasteiger partial charge on any atom is -0.482 e. The standard InChI is InChI=1S/C34H38F6N4O4S2/c35-33(36,37)18-26-25-3-1-4-28(43-22-6-8-23(9-7-22)44-19-32(20-44)12-15-47-16-13-32)31(25)49-30(26)5-2-14-42-27-11-10-24(50(41,45)46)17-29(27)48-21-34(38,39)40/h1,3-4,10-11,17,22-23,42-43H,6-9,12-16,18-21H2,(H2,41,45,46). The maximum absolute atomic E-state index is 13.8. The molecule has 8 nitrogen and oxygen atoms in total. The third kappa shape index (κ3) is 8.97. The number of halogens is 6. The summed E-state index contributed by atoms with van der Waals surface area (Å²) in [6, 6.07) is 9.14. The van der Waals surface area contributed by atoms with Gasteiger partial charge < -0.3 is 20.1 Å². The van der Waals surface area contributed by atoms with Crippen molar-refractivity contribution in [1.82, 2.24) is 4.90 Å². The Morgan fingerprint density at radius 2 is 1.72 bits per heavy atom. The number of primary sulfonamides is 1. The van der Waals surface area contributed by atoms with Crippen LogP contribution in [0.2, 0.25) is 0 Å². The van der Waals surface area contributed by atoms with Crippen LogP contribution in [0.25, 0.3) is 10.1 Å². The van der Waals surface area contributed by atoms with Gasteiger partial charge in [0.15, 0.2) is 6.61 Å². The molecular weight excluding hydrogens is 707 g/mol. The van der Waals surface area contributed by atoms with Gasteiger partial charge in [0.25, 0.3) is 0 Å². The van der Waals surface area contributed by atoms with Crippen molar-refractivity contribution < 1.29 is 44.2 Å². The van der Waals surface area contributed by atoms with Crippen molar-refractivity contribution in [3.05, 3.63) is 46.8 Å². The molecule has 1 saturated carbocycles. The van der Waals surface area contributed by atoms with E-state index in [1.807, 2.05) is 6.07 Å². The fourth-order valence-corrected chi connectivity index (χ4v) is 8.83. The van der Waals surface area contributed by atoms with Gasteiger partial charge in [0.1, 0.15) is 5.75 Å². The molecule has 1 spiro atoms. The zero-order chi connectivity index (χ0) is 35.7. The molecule has 3 heterocycles. The van der Waals surface area contributed by atoms with Gasteiger partial charge in [-0.05, 0) is 67.7 Å². The molecule has 1 aliphatic carbocycles. The second-order valence-corrected chi connectivity index (χ2v) is 15.9. The summed E-state index contributed by atoms with van der Waals surface area (Å²) in [5.41, 5.74) is 1.24. The summed E-state index contributed by atoms with van der Waals surface area (Å²) in [7, 11) is -4.23. The van der Waals surface area contributed by atoms with E-state index >= 15 is 0 Å². The summed E-state index contributed by atoms with van der Waals surface area (Å²) in [4.78, 5) is 2.38. The molecule has 6 rings (SSSR count). The average molecular weight is 745 g/mol. The zero-order valence-electron chi connectivity index (χ0n) is 27.1. The highest BCUT2D eigenvalue weighted by Crippen LogP contribution is 2.44. The molecule has 0 amide bonds. The molecule has 50 heavy (non-hydrogen) atoms.